The molecule has 7 nitrogen and oxygen atoms in total. The highest BCUT2D eigenvalue weighted by Crippen LogP contribution is 2.25. The smallest absolute Gasteiger partial charge is 0.289 e. The second kappa shape index (κ2) is 8.23. The molecule has 30 heavy (non-hydrogen) atoms. The van der Waals surface area contributed by atoms with Crippen molar-refractivity contribution in [3.63, 3.8) is 0 Å². The second-order valence-electron chi connectivity index (χ2n) is 7.15. The van der Waals surface area contributed by atoms with Crippen LogP contribution in [0.4, 0.5) is 5.69 Å². The lowest BCUT2D eigenvalue weighted by Crippen LogP contribution is -2.35. The maximum absolute atomic E-state index is 12.6. The van der Waals surface area contributed by atoms with E-state index in [1.54, 1.807) is 60.5 Å². The number of amides is 1. The van der Waals surface area contributed by atoms with Crippen molar-refractivity contribution in [3.8, 4) is 5.75 Å². The number of carbonyl (C=O) groups is 1. The first-order chi connectivity index (χ1) is 14.4. The Morgan fingerprint density at radius 3 is 2.63 bits per heavy atom. The van der Waals surface area contributed by atoms with Gasteiger partial charge in [0, 0.05) is 18.8 Å². The van der Waals surface area contributed by atoms with Gasteiger partial charge in [-0.1, -0.05) is 18.2 Å². The first kappa shape index (κ1) is 20.0. The molecule has 2 heterocycles. The van der Waals surface area contributed by atoms with Crippen LogP contribution in [-0.2, 0) is 28.7 Å². The quantitative estimate of drug-likeness (QED) is 0.652. The molecule has 1 N–H and O–H groups in total. The molecular formula is C22H22N2O5S. The maximum atomic E-state index is 12.6. The Morgan fingerprint density at radius 1 is 1.13 bits per heavy atom. The fourth-order valence-corrected chi connectivity index (χ4v) is 4.70. The van der Waals surface area contributed by atoms with E-state index in [1.807, 2.05) is 6.07 Å². The van der Waals surface area contributed by atoms with E-state index in [9.17, 15) is 13.2 Å². The van der Waals surface area contributed by atoms with E-state index in [-0.39, 0.29) is 11.7 Å². The molecule has 4 rings (SSSR count). The summed E-state index contributed by atoms with van der Waals surface area (Å²) in [5, 5.41) is 0. The van der Waals surface area contributed by atoms with Crippen LogP contribution >= 0.6 is 0 Å². The third-order valence-electron chi connectivity index (χ3n) is 5.03. The number of ether oxygens (including phenoxy) is 1. The summed E-state index contributed by atoms with van der Waals surface area (Å²) < 4.78 is 38.1. The molecule has 8 heteroatoms. The van der Waals surface area contributed by atoms with E-state index in [0.717, 1.165) is 11.1 Å². The number of carbonyl (C=O) groups excluding carboxylic acids is 1. The average molecular weight is 426 g/mol. The number of hydrogen-bond donors (Lipinski definition) is 1. The van der Waals surface area contributed by atoms with Crippen LogP contribution in [0.2, 0.25) is 0 Å². The van der Waals surface area contributed by atoms with Gasteiger partial charge in [-0.05, 0) is 59.5 Å². The van der Waals surface area contributed by atoms with E-state index in [2.05, 4.69) is 4.72 Å². The summed E-state index contributed by atoms with van der Waals surface area (Å²) in [7, 11) is -2.02. The van der Waals surface area contributed by atoms with Crippen LogP contribution in [-0.4, -0.2) is 32.9 Å². The Bertz CT molecular complexity index is 1140. The van der Waals surface area contributed by atoms with Gasteiger partial charge in [-0.25, -0.2) is 8.42 Å². The van der Waals surface area contributed by atoms with Crippen molar-refractivity contribution in [1.82, 2.24) is 4.90 Å². The van der Waals surface area contributed by atoms with Crippen LogP contribution in [0, 0.1) is 0 Å². The van der Waals surface area contributed by atoms with Crippen molar-refractivity contribution in [2.45, 2.75) is 18.7 Å². The van der Waals surface area contributed by atoms with Crippen LogP contribution < -0.4 is 9.46 Å². The highest BCUT2D eigenvalue weighted by molar-refractivity contribution is 7.91. The number of rotatable bonds is 6. The third kappa shape index (κ3) is 4.49. The van der Waals surface area contributed by atoms with Crippen molar-refractivity contribution >= 4 is 21.6 Å². The molecule has 3 aromatic rings. The minimum Gasteiger partial charge on any atom is -0.497 e. The number of nitrogens with zero attached hydrogens (tertiary/aromatic N) is 1. The predicted octanol–water partition coefficient (Wildman–Crippen LogP) is 3.43. The van der Waals surface area contributed by atoms with E-state index in [1.165, 1.54) is 6.26 Å². The van der Waals surface area contributed by atoms with Crippen LogP contribution in [0.1, 0.15) is 27.2 Å². The third-order valence-corrected chi connectivity index (χ3v) is 6.29. The minimum absolute atomic E-state index is 0.142. The number of nitrogens with one attached hydrogen (secondary N) is 1. The van der Waals surface area contributed by atoms with Gasteiger partial charge in [0.05, 0.1) is 19.1 Å². The highest BCUT2D eigenvalue weighted by Gasteiger charge is 2.24. The second-order valence-corrected chi connectivity index (χ2v) is 8.87. The Balaban J connectivity index is 1.47. The summed E-state index contributed by atoms with van der Waals surface area (Å²) in [6.07, 6.45) is 2.18. The molecule has 1 aliphatic rings. The van der Waals surface area contributed by atoms with Crippen molar-refractivity contribution in [3.05, 3.63) is 83.3 Å². The number of furan rings is 1. The molecule has 0 radical (unpaired) electrons. The molecule has 0 bridgehead atoms. The molecule has 2 aromatic carbocycles. The van der Waals surface area contributed by atoms with Gasteiger partial charge in [0.25, 0.3) is 5.91 Å². The molecule has 0 unspecified atom stereocenters. The zero-order chi connectivity index (χ0) is 21.1. The molecular weight excluding hydrogens is 404 g/mol. The van der Waals surface area contributed by atoms with Gasteiger partial charge in [-0.2, -0.15) is 0 Å². The van der Waals surface area contributed by atoms with E-state index >= 15 is 0 Å². The Kier molecular flexibility index (Phi) is 5.50. The van der Waals surface area contributed by atoms with Crippen LogP contribution in [0.15, 0.2) is 65.3 Å². The number of benzene rings is 2. The van der Waals surface area contributed by atoms with Gasteiger partial charge in [0.15, 0.2) is 5.76 Å². The van der Waals surface area contributed by atoms with Crippen LogP contribution in [0.5, 0.6) is 5.75 Å². The number of anilines is 1. The largest absolute Gasteiger partial charge is 0.497 e. The Labute approximate surface area is 175 Å². The molecule has 156 valence electrons. The molecule has 1 aliphatic heterocycles. The number of fused-ring (bicyclic) bond motifs is 1. The Morgan fingerprint density at radius 2 is 1.93 bits per heavy atom. The first-order valence-electron chi connectivity index (χ1n) is 9.51. The van der Waals surface area contributed by atoms with Gasteiger partial charge in [-0.15, -0.1) is 0 Å². The molecule has 0 fully saturated rings. The van der Waals surface area contributed by atoms with Gasteiger partial charge < -0.3 is 14.1 Å². The maximum Gasteiger partial charge on any atom is 0.289 e. The lowest BCUT2D eigenvalue weighted by molar-refractivity contribution is 0.0702. The summed E-state index contributed by atoms with van der Waals surface area (Å²) in [5.74, 6) is 0.662. The van der Waals surface area contributed by atoms with Crippen LogP contribution in [0.3, 0.4) is 0 Å². The summed E-state index contributed by atoms with van der Waals surface area (Å²) >= 11 is 0. The fourth-order valence-electron chi connectivity index (χ4n) is 3.51. The standard InChI is InChI=1S/C22H22N2O5S/c1-28-20-8-4-16(5-9-20)15-30(26,27)23-19-7-6-17-10-11-24(14-18(17)13-19)22(25)21-3-2-12-29-21/h2-9,12-13,23H,10-11,14-15H2,1H3. The first-order valence-corrected chi connectivity index (χ1v) is 11.2. The van der Waals surface area contributed by atoms with Crippen molar-refractivity contribution in [2.24, 2.45) is 0 Å². The summed E-state index contributed by atoms with van der Waals surface area (Å²) in [5.41, 5.74) is 3.17. The highest BCUT2D eigenvalue weighted by atomic mass is 32.2. The number of hydrogen-bond acceptors (Lipinski definition) is 5. The molecule has 1 aromatic heterocycles. The lowest BCUT2D eigenvalue weighted by atomic mass is 9.99. The predicted molar refractivity (Wildman–Crippen MR) is 113 cm³/mol. The number of methoxy groups -OCH3 is 1. The molecule has 0 aliphatic carbocycles. The summed E-state index contributed by atoms with van der Waals surface area (Å²) in [6, 6.07) is 15.7. The molecule has 0 saturated heterocycles. The summed E-state index contributed by atoms with van der Waals surface area (Å²) in [4.78, 5) is 14.3. The van der Waals surface area contributed by atoms with E-state index < -0.39 is 10.0 Å². The minimum atomic E-state index is -3.59. The summed E-state index contributed by atoms with van der Waals surface area (Å²) in [6.45, 7) is 0.998. The zero-order valence-electron chi connectivity index (χ0n) is 16.5. The number of sulfonamides is 1. The van der Waals surface area contributed by atoms with E-state index in [4.69, 9.17) is 9.15 Å². The van der Waals surface area contributed by atoms with Crippen molar-refractivity contribution in [1.29, 1.82) is 0 Å². The SMILES string of the molecule is COc1ccc(CS(=O)(=O)Nc2ccc3c(c2)CN(C(=O)c2ccco2)CC3)cc1. The monoisotopic (exact) mass is 426 g/mol. The molecule has 0 saturated carbocycles. The fraction of sp³-hybridized carbons (Fsp3) is 0.227. The van der Waals surface area contributed by atoms with E-state index in [0.29, 0.717) is 42.3 Å². The Hall–Kier alpha value is -3.26. The lowest BCUT2D eigenvalue weighted by Gasteiger charge is -2.28. The van der Waals surface area contributed by atoms with Crippen LogP contribution in [0.25, 0.3) is 0 Å². The molecule has 0 spiro atoms. The van der Waals surface area contributed by atoms with Gasteiger partial charge >= 0.3 is 0 Å². The van der Waals surface area contributed by atoms with Gasteiger partial charge in [0.1, 0.15) is 5.75 Å². The normalized spacial score (nSPS) is 13.6. The zero-order valence-corrected chi connectivity index (χ0v) is 17.3. The molecule has 1 amide bonds. The van der Waals surface area contributed by atoms with Crippen molar-refractivity contribution in [2.75, 3.05) is 18.4 Å². The molecule has 0 atom stereocenters. The van der Waals surface area contributed by atoms with Gasteiger partial charge in [0.2, 0.25) is 10.0 Å². The topological polar surface area (TPSA) is 88.9 Å². The van der Waals surface area contributed by atoms with Crippen molar-refractivity contribution < 1.29 is 22.4 Å². The average Bonchev–Trinajstić information content (AvgIpc) is 3.27. The van der Waals surface area contributed by atoms with Gasteiger partial charge in [-0.3, -0.25) is 9.52 Å².